The first-order valence-corrected chi connectivity index (χ1v) is 6.38. The number of rotatable bonds is 6. The van der Waals surface area contributed by atoms with E-state index < -0.39 is 0 Å². The van der Waals surface area contributed by atoms with Crippen molar-refractivity contribution >= 4 is 0 Å². The lowest BCUT2D eigenvalue weighted by Gasteiger charge is -2.41. The molecule has 0 heterocycles. The third kappa shape index (κ3) is 3.70. The van der Waals surface area contributed by atoms with Crippen molar-refractivity contribution < 1.29 is 10.2 Å². The lowest BCUT2D eigenvalue weighted by molar-refractivity contribution is 0.0557. The van der Waals surface area contributed by atoms with E-state index >= 15 is 0 Å². The van der Waals surface area contributed by atoms with Gasteiger partial charge in [0.1, 0.15) is 0 Å². The standard InChI is InChI=1S/C12H26N2O2/c1-10-2-3-11(9-13)12(8-10)14(4-6-15)5-7-16/h10-12,15-16H,2-9,13H2,1H3. The lowest BCUT2D eigenvalue weighted by atomic mass is 9.78. The highest BCUT2D eigenvalue weighted by atomic mass is 16.3. The van der Waals surface area contributed by atoms with Crippen molar-refractivity contribution in [2.75, 3.05) is 32.8 Å². The van der Waals surface area contributed by atoms with Gasteiger partial charge in [-0.1, -0.05) is 13.3 Å². The van der Waals surface area contributed by atoms with E-state index in [1.54, 1.807) is 0 Å². The van der Waals surface area contributed by atoms with Gasteiger partial charge in [-0.2, -0.15) is 0 Å². The Balaban J connectivity index is 2.61. The number of hydrogen-bond donors (Lipinski definition) is 3. The molecule has 3 atom stereocenters. The SMILES string of the molecule is CC1CCC(CN)C(N(CCO)CCO)C1. The molecule has 0 bridgehead atoms. The molecule has 1 fully saturated rings. The first-order valence-electron chi connectivity index (χ1n) is 6.38. The highest BCUT2D eigenvalue weighted by Gasteiger charge is 2.31. The van der Waals surface area contributed by atoms with Crippen molar-refractivity contribution in [3.05, 3.63) is 0 Å². The van der Waals surface area contributed by atoms with Gasteiger partial charge in [-0.15, -0.1) is 0 Å². The first-order chi connectivity index (χ1) is 7.72. The summed E-state index contributed by atoms with van der Waals surface area (Å²) in [6, 6.07) is 0.438. The Morgan fingerprint density at radius 3 is 2.31 bits per heavy atom. The fraction of sp³-hybridized carbons (Fsp3) is 1.00. The number of nitrogens with two attached hydrogens (primary N) is 1. The van der Waals surface area contributed by atoms with Gasteiger partial charge in [0, 0.05) is 19.1 Å². The van der Waals surface area contributed by atoms with Crippen LogP contribution in [0.3, 0.4) is 0 Å². The summed E-state index contributed by atoms with van der Waals surface area (Å²) in [4.78, 5) is 2.20. The molecule has 1 saturated carbocycles. The molecule has 0 saturated heterocycles. The second-order valence-electron chi connectivity index (χ2n) is 4.96. The van der Waals surface area contributed by atoms with Crippen LogP contribution in [0.4, 0.5) is 0 Å². The Labute approximate surface area is 98.4 Å². The van der Waals surface area contributed by atoms with Gasteiger partial charge in [-0.3, -0.25) is 4.90 Å². The molecule has 0 aromatic rings. The van der Waals surface area contributed by atoms with Gasteiger partial charge >= 0.3 is 0 Å². The molecule has 4 heteroatoms. The summed E-state index contributed by atoms with van der Waals surface area (Å²) in [5.41, 5.74) is 5.82. The molecule has 3 unspecified atom stereocenters. The largest absolute Gasteiger partial charge is 0.395 e. The second-order valence-corrected chi connectivity index (χ2v) is 4.96. The Kier molecular flexibility index (Phi) is 6.28. The molecule has 16 heavy (non-hydrogen) atoms. The van der Waals surface area contributed by atoms with Crippen LogP contribution in [0.5, 0.6) is 0 Å². The van der Waals surface area contributed by atoms with E-state index in [9.17, 15) is 0 Å². The minimum atomic E-state index is 0.155. The van der Waals surface area contributed by atoms with E-state index in [0.717, 1.165) is 12.3 Å². The normalized spacial score (nSPS) is 30.9. The highest BCUT2D eigenvalue weighted by molar-refractivity contribution is 4.86. The third-order valence-corrected chi connectivity index (χ3v) is 3.76. The average molecular weight is 230 g/mol. The molecule has 4 nitrogen and oxygen atoms in total. The summed E-state index contributed by atoms with van der Waals surface area (Å²) in [5.74, 6) is 1.25. The third-order valence-electron chi connectivity index (χ3n) is 3.76. The summed E-state index contributed by atoms with van der Waals surface area (Å²) >= 11 is 0. The van der Waals surface area contributed by atoms with Crippen LogP contribution in [-0.4, -0.2) is 54.0 Å². The maximum absolute atomic E-state index is 9.06. The van der Waals surface area contributed by atoms with Crippen molar-refractivity contribution in [2.45, 2.75) is 32.2 Å². The topological polar surface area (TPSA) is 69.7 Å². The van der Waals surface area contributed by atoms with Crippen LogP contribution in [0.1, 0.15) is 26.2 Å². The minimum absolute atomic E-state index is 0.155. The number of aliphatic hydroxyl groups is 2. The summed E-state index contributed by atoms with van der Waals surface area (Å²) in [6.07, 6.45) is 3.57. The maximum Gasteiger partial charge on any atom is 0.0558 e. The Bertz CT molecular complexity index is 184. The quantitative estimate of drug-likeness (QED) is 0.602. The fourth-order valence-corrected chi connectivity index (χ4v) is 2.84. The second kappa shape index (κ2) is 7.22. The molecule has 0 aromatic heterocycles. The van der Waals surface area contributed by atoms with Gasteiger partial charge in [0.2, 0.25) is 0 Å². The van der Waals surface area contributed by atoms with Crippen LogP contribution in [0.2, 0.25) is 0 Å². The average Bonchev–Trinajstić information content (AvgIpc) is 2.29. The Hall–Kier alpha value is -0.160. The van der Waals surface area contributed by atoms with Crippen molar-refractivity contribution in [3.63, 3.8) is 0 Å². The zero-order chi connectivity index (χ0) is 12.0. The van der Waals surface area contributed by atoms with Gasteiger partial charge in [-0.05, 0) is 31.2 Å². The monoisotopic (exact) mass is 230 g/mol. The molecule has 96 valence electrons. The molecule has 1 rings (SSSR count). The van der Waals surface area contributed by atoms with Crippen LogP contribution in [0.15, 0.2) is 0 Å². The predicted octanol–water partition coefficient (Wildman–Crippen LogP) is 0.0365. The molecular weight excluding hydrogens is 204 g/mol. The van der Waals surface area contributed by atoms with Crippen molar-refractivity contribution in [3.8, 4) is 0 Å². The smallest absolute Gasteiger partial charge is 0.0558 e. The predicted molar refractivity (Wildman–Crippen MR) is 65.1 cm³/mol. The van der Waals surface area contributed by atoms with Gasteiger partial charge in [-0.25, -0.2) is 0 Å². The van der Waals surface area contributed by atoms with Gasteiger partial charge in [0.05, 0.1) is 13.2 Å². The van der Waals surface area contributed by atoms with Crippen LogP contribution in [-0.2, 0) is 0 Å². The molecule has 1 aliphatic rings. The van der Waals surface area contributed by atoms with Crippen LogP contribution < -0.4 is 5.73 Å². The van der Waals surface area contributed by atoms with Gasteiger partial charge in [0.25, 0.3) is 0 Å². The molecule has 0 spiro atoms. The van der Waals surface area contributed by atoms with E-state index in [2.05, 4.69) is 11.8 Å². The molecule has 4 N–H and O–H groups in total. The van der Waals surface area contributed by atoms with E-state index in [4.69, 9.17) is 15.9 Å². The van der Waals surface area contributed by atoms with E-state index in [-0.39, 0.29) is 13.2 Å². The summed E-state index contributed by atoms with van der Waals surface area (Å²) in [5, 5.41) is 18.1. The van der Waals surface area contributed by atoms with Crippen molar-refractivity contribution in [2.24, 2.45) is 17.6 Å². The van der Waals surface area contributed by atoms with Gasteiger partial charge < -0.3 is 15.9 Å². The van der Waals surface area contributed by atoms with Gasteiger partial charge in [0.15, 0.2) is 0 Å². The van der Waals surface area contributed by atoms with Crippen molar-refractivity contribution in [1.29, 1.82) is 0 Å². The van der Waals surface area contributed by atoms with Crippen LogP contribution >= 0.6 is 0 Å². The van der Waals surface area contributed by atoms with E-state index in [0.29, 0.717) is 31.6 Å². The lowest BCUT2D eigenvalue weighted by Crippen LogP contribution is -2.48. The molecule has 0 amide bonds. The summed E-state index contributed by atoms with van der Waals surface area (Å²) < 4.78 is 0. The zero-order valence-electron chi connectivity index (χ0n) is 10.3. The fourth-order valence-electron chi connectivity index (χ4n) is 2.84. The van der Waals surface area contributed by atoms with E-state index in [1.807, 2.05) is 0 Å². The minimum Gasteiger partial charge on any atom is -0.395 e. The van der Waals surface area contributed by atoms with Crippen LogP contribution in [0, 0.1) is 11.8 Å². The highest BCUT2D eigenvalue weighted by Crippen LogP contribution is 2.31. The molecular formula is C12H26N2O2. The Morgan fingerprint density at radius 2 is 1.81 bits per heavy atom. The molecule has 0 aliphatic heterocycles. The molecule has 0 aromatic carbocycles. The number of nitrogens with zero attached hydrogens (tertiary/aromatic N) is 1. The molecule has 1 aliphatic carbocycles. The maximum atomic E-state index is 9.06. The first kappa shape index (κ1) is 13.9. The van der Waals surface area contributed by atoms with Crippen molar-refractivity contribution in [1.82, 2.24) is 4.90 Å². The summed E-state index contributed by atoms with van der Waals surface area (Å²) in [7, 11) is 0. The van der Waals surface area contributed by atoms with E-state index in [1.165, 1.54) is 12.8 Å². The Morgan fingerprint density at radius 1 is 1.19 bits per heavy atom. The number of aliphatic hydroxyl groups excluding tert-OH is 2. The number of hydrogen-bond acceptors (Lipinski definition) is 4. The van der Waals surface area contributed by atoms with Crippen LogP contribution in [0.25, 0.3) is 0 Å². The summed E-state index contributed by atoms with van der Waals surface area (Å²) in [6.45, 7) is 4.59. The molecule has 0 radical (unpaired) electrons. The zero-order valence-corrected chi connectivity index (χ0v) is 10.3.